The van der Waals surface area contributed by atoms with Gasteiger partial charge in [-0.05, 0) is 56.2 Å². The van der Waals surface area contributed by atoms with E-state index in [0.29, 0.717) is 11.3 Å². The van der Waals surface area contributed by atoms with Crippen molar-refractivity contribution in [3.8, 4) is 11.5 Å². The summed E-state index contributed by atoms with van der Waals surface area (Å²) < 4.78 is 5.84. The van der Waals surface area contributed by atoms with Crippen molar-refractivity contribution in [3.63, 3.8) is 0 Å². The third-order valence-corrected chi connectivity index (χ3v) is 3.13. The smallest absolute Gasteiger partial charge is 0.138 e. The van der Waals surface area contributed by atoms with Gasteiger partial charge in [-0.15, -0.1) is 0 Å². The van der Waals surface area contributed by atoms with Crippen molar-refractivity contribution in [2.45, 2.75) is 20.8 Å². The molecule has 0 aromatic heterocycles. The van der Waals surface area contributed by atoms with E-state index in [1.165, 1.54) is 11.1 Å². The summed E-state index contributed by atoms with van der Waals surface area (Å²) in [6.07, 6.45) is 0. The van der Waals surface area contributed by atoms with Gasteiger partial charge in [0.05, 0.1) is 5.56 Å². The van der Waals surface area contributed by atoms with Crippen molar-refractivity contribution in [1.29, 1.82) is 5.41 Å². The number of rotatable bonds is 3. The quantitative estimate of drug-likeness (QED) is 0.648. The minimum atomic E-state index is 0.0162. The first-order valence-corrected chi connectivity index (χ1v) is 6.17. The van der Waals surface area contributed by atoms with Gasteiger partial charge in [-0.2, -0.15) is 0 Å². The molecule has 0 fully saturated rings. The second-order valence-electron chi connectivity index (χ2n) is 4.76. The molecule has 0 radical (unpaired) electrons. The fraction of sp³-hybridized carbons (Fsp3) is 0.188. The Morgan fingerprint density at radius 3 is 2.37 bits per heavy atom. The summed E-state index contributed by atoms with van der Waals surface area (Å²) in [5, 5.41) is 7.61. The third-order valence-electron chi connectivity index (χ3n) is 3.13. The van der Waals surface area contributed by atoms with Gasteiger partial charge >= 0.3 is 0 Å². The van der Waals surface area contributed by atoms with Crippen LogP contribution in [0.25, 0.3) is 0 Å². The third kappa shape index (κ3) is 2.94. The molecular formula is C16H18N2O. The molecule has 0 spiro atoms. The summed E-state index contributed by atoms with van der Waals surface area (Å²) in [7, 11) is 0. The van der Waals surface area contributed by atoms with Gasteiger partial charge in [0.25, 0.3) is 0 Å². The molecule has 0 unspecified atom stereocenters. The average Bonchev–Trinajstić information content (AvgIpc) is 2.36. The summed E-state index contributed by atoms with van der Waals surface area (Å²) in [5.74, 6) is 1.39. The van der Waals surface area contributed by atoms with Gasteiger partial charge in [0.1, 0.15) is 17.3 Å². The lowest BCUT2D eigenvalue weighted by atomic mass is 10.1. The Hall–Kier alpha value is -2.29. The predicted octanol–water partition coefficient (Wildman–Crippen LogP) is 3.69. The van der Waals surface area contributed by atoms with Gasteiger partial charge in [-0.25, -0.2) is 0 Å². The SMILES string of the molecule is Cc1ccc(Oc2ccc(C)c(C)c2)c(C(=N)N)c1. The average molecular weight is 254 g/mol. The molecule has 0 saturated heterocycles. The summed E-state index contributed by atoms with van der Waals surface area (Å²) in [4.78, 5) is 0. The highest BCUT2D eigenvalue weighted by molar-refractivity contribution is 5.97. The molecule has 0 saturated carbocycles. The van der Waals surface area contributed by atoms with E-state index < -0.39 is 0 Å². The molecule has 19 heavy (non-hydrogen) atoms. The Morgan fingerprint density at radius 2 is 1.74 bits per heavy atom. The van der Waals surface area contributed by atoms with Crippen molar-refractivity contribution in [2.75, 3.05) is 0 Å². The number of hydrogen-bond donors (Lipinski definition) is 2. The molecule has 2 rings (SSSR count). The van der Waals surface area contributed by atoms with Crippen LogP contribution < -0.4 is 10.5 Å². The first-order valence-electron chi connectivity index (χ1n) is 6.17. The van der Waals surface area contributed by atoms with Crippen LogP contribution in [0.1, 0.15) is 22.3 Å². The van der Waals surface area contributed by atoms with Crippen molar-refractivity contribution >= 4 is 5.84 Å². The number of benzene rings is 2. The van der Waals surface area contributed by atoms with E-state index in [1.807, 2.05) is 50.2 Å². The number of aryl methyl sites for hydroxylation is 3. The second-order valence-corrected chi connectivity index (χ2v) is 4.76. The van der Waals surface area contributed by atoms with E-state index in [-0.39, 0.29) is 5.84 Å². The summed E-state index contributed by atoms with van der Waals surface area (Å²) in [6.45, 7) is 6.07. The predicted molar refractivity (Wildman–Crippen MR) is 78.2 cm³/mol. The van der Waals surface area contributed by atoms with E-state index in [4.69, 9.17) is 15.9 Å². The Morgan fingerprint density at radius 1 is 1.00 bits per heavy atom. The molecular weight excluding hydrogens is 236 g/mol. The maximum Gasteiger partial charge on any atom is 0.138 e. The maximum atomic E-state index is 7.61. The van der Waals surface area contributed by atoms with Crippen LogP contribution in [0.4, 0.5) is 0 Å². The van der Waals surface area contributed by atoms with E-state index in [2.05, 4.69) is 6.92 Å². The molecule has 2 aromatic rings. The zero-order valence-corrected chi connectivity index (χ0v) is 11.4. The van der Waals surface area contributed by atoms with E-state index in [9.17, 15) is 0 Å². The van der Waals surface area contributed by atoms with Gasteiger partial charge in [-0.3, -0.25) is 5.41 Å². The van der Waals surface area contributed by atoms with Crippen LogP contribution in [0.2, 0.25) is 0 Å². The van der Waals surface area contributed by atoms with Crippen LogP contribution in [0.15, 0.2) is 36.4 Å². The monoisotopic (exact) mass is 254 g/mol. The number of nitrogen functional groups attached to an aromatic ring is 1. The number of amidine groups is 1. The number of nitrogens with one attached hydrogen (secondary N) is 1. The molecule has 0 bridgehead atoms. The largest absolute Gasteiger partial charge is 0.457 e. The highest BCUT2D eigenvalue weighted by Crippen LogP contribution is 2.27. The van der Waals surface area contributed by atoms with Crippen LogP contribution in [0.3, 0.4) is 0 Å². The topological polar surface area (TPSA) is 59.1 Å². The lowest BCUT2D eigenvalue weighted by Gasteiger charge is -2.12. The molecule has 0 aliphatic rings. The summed E-state index contributed by atoms with van der Waals surface area (Å²) >= 11 is 0. The first-order chi connectivity index (χ1) is 8.97. The zero-order valence-electron chi connectivity index (χ0n) is 11.4. The molecule has 98 valence electrons. The molecule has 0 aliphatic heterocycles. The molecule has 3 heteroatoms. The van der Waals surface area contributed by atoms with Crippen LogP contribution >= 0.6 is 0 Å². The minimum absolute atomic E-state index is 0.0162. The Balaban J connectivity index is 2.37. The first kappa shape index (κ1) is 13.1. The van der Waals surface area contributed by atoms with E-state index in [0.717, 1.165) is 11.3 Å². The normalized spacial score (nSPS) is 10.3. The number of hydrogen-bond acceptors (Lipinski definition) is 2. The molecule has 0 amide bonds. The fourth-order valence-corrected chi connectivity index (χ4v) is 1.85. The highest BCUT2D eigenvalue weighted by Gasteiger charge is 2.08. The fourth-order valence-electron chi connectivity index (χ4n) is 1.85. The van der Waals surface area contributed by atoms with Crippen LogP contribution in [0.5, 0.6) is 11.5 Å². The molecule has 0 heterocycles. The minimum Gasteiger partial charge on any atom is -0.457 e. The van der Waals surface area contributed by atoms with Crippen molar-refractivity contribution in [2.24, 2.45) is 5.73 Å². The van der Waals surface area contributed by atoms with E-state index in [1.54, 1.807) is 0 Å². The maximum absolute atomic E-state index is 7.61. The summed E-state index contributed by atoms with van der Waals surface area (Å²) in [6, 6.07) is 11.6. The van der Waals surface area contributed by atoms with Crippen LogP contribution in [-0.2, 0) is 0 Å². The lowest BCUT2D eigenvalue weighted by molar-refractivity contribution is 0.481. The molecule has 3 N–H and O–H groups in total. The van der Waals surface area contributed by atoms with Gasteiger partial charge < -0.3 is 10.5 Å². The zero-order chi connectivity index (χ0) is 14.0. The molecule has 0 aliphatic carbocycles. The van der Waals surface area contributed by atoms with Crippen molar-refractivity contribution in [1.82, 2.24) is 0 Å². The highest BCUT2D eigenvalue weighted by atomic mass is 16.5. The number of nitrogens with two attached hydrogens (primary N) is 1. The van der Waals surface area contributed by atoms with Gasteiger partial charge in [0, 0.05) is 0 Å². The van der Waals surface area contributed by atoms with Crippen LogP contribution in [0, 0.1) is 26.2 Å². The Bertz CT molecular complexity index is 633. The van der Waals surface area contributed by atoms with Gasteiger partial charge in [-0.1, -0.05) is 17.7 Å². The molecule has 3 nitrogen and oxygen atoms in total. The van der Waals surface area contributed by atoms with E-state index >= 15 is 0 Å². The number of ether oxygens (including phenoxy) is 1. The standard InChI is InChI=1S/C16H18N2O/c1-10-4-7-15(14(8-10)16(17)18)19-13-6-5-11(2)12(3)9-13/h4-9H,1-3H3,(H3,17,18). The lowest BCUT2D eigenvalue weighted by Crippen LogP contribution is -2.12. The Kier molecular flexibility index (Phi) is 3.56. The van der Waals surface area contributed by atoms with Crippen molar-refractivity contribution in [3.05, 3.63) is 58.7 Å². The van der Waals surface area contributed by atoms with Crippen LogP contribution in [-0.4, -0.2) is 5.84 Å². The van der Waals surface area contributed by atoms with Gasteiger partial charge in [0.2, 0.25) is 0 Å². The second kappa shape index (κ2) is 5.14. The van der Waals surface area contributed by atoms with Gasteiger partial charge in [0.15, 0.2) is 0 Å². The van der Waals surface area contributed by atoms with Crippen molar-refractivity contribution < 1.29 is 4.74 Å². The Labute approximate surface area is 113 Å². The molecule has 2 aromatic carbocycles. The summed E-state index contributed by atoms with van der Waals surface area (Å²) in [5.41, 5.74) is 9.67. The molecule has 0 atom stereocenters.